The number of hydrogen-bond acceptors (Lipinski definition) is 0. The van der Waals surface area contributed by atoms with Crippen LogP contribution in [-0.4, -0.2) is 6.18 Å². The molecule has 0 aromatic rings. The van der Waals surface area contributed by atoms with Gasteiger partial charge in [-0.3, -0.25) is 0 Å². The third-order valence-corrected chi connectivity index (χ3v) is 1.74. The first-order valence-electron chi connectivity index (χ1n) is 3.53. The van der Waals surface area contributed by atoms with Crippen LogP contribution in [0.1, 0.15) is 6.92 Å². The SMILES string of the molecule is C=C1C=CC(C)=CC1C(F)(F)F. The van der Waals surface area contributed by atoms with Crippen LogP contribution in [0.15, 0.2) is 36.0 Å². The first kappa shape index (κ1) is 9.10. The Morgan fingerprint density at radius 2 is 1.92 bits per heavy atom. The fourth-order valence-electron chi connectivity index (χ4n) is 1.07. The molecule has 0 aromatic heterocycles. The van der Waals surface area contributed by atoms with Gasteiger partial charge in [-0.15, -0.1) is 0 Å². The van der Waals surface area contributed by atoms with Crippen molar-refractivity contribution in [2.24, 2.45) is 5.92 Å². The van der Waals surface area contributed by atoms with Gasteiger partial charge in [-0.2, -0.15) is 13.2 Å². The van der Waals surface area contributed by atoms with Gasteiger partial charge in [0.05, 0.1) is 5.92 Å². The molecule has 1 aliphatic rings. The van der Waals surface area contributed by atoms with E-state index in [4.69, 9.17) is 0 Å². The fourth-order valence-corrected chi connectivity index (χ4v) is 1.07. The van der Waals surface area contributed by atoms with E-state index >= 15 is 0 Å². The molecule has 0 nitrogen and oxygen atoms in total. The highest BCUT2D eigenvalue weighted by Gasteiger charge is 2.39. The van der Waals surface area contributed by atoms with Crippen molar-refractivity contribution in [3.63, 3.8) is 0 Å². The summed E-state index contributed by atoms with van der Waals surface area (Å²) in [6, 6.07) is 0. The summed E-state index contributed by atoms with van der Waals surface area (Å²) in [4.78, 5) is 0. The van der Waals surface area contributed by atoms with Gasteiger partial charge >= 0.3 is 6.18 Å². The fraction of sp³-hybridized carbons (Fsp3) is 0.333. The Bertz CT molecular complexity index is 255. The monoisotopic (exact) mass is 174 g/mol. The molecular formula is C9H9F3. The smallest absolute Gasteiger partial charge is 0.170 e. The van der Waals surface area contributed by atoms with Crippen molar-refractivity contribution in [2.75, 3.05) is 0 Å². The summed E-state index contributed by atoms with van der Waals surface area (Å²) in [5, 5.41) is 0. The predicted molar refractivity (Wildman–Crippen MR) is 41.6 cm³/mol. The normalized spacial score (nSPS) is 24.2. The van der Waals surface area contributed by atoms with Crippen molar-refractivity contribution in [3.05, 3.63) is 36.0 Å². The molecule has 0 aliphatic heterocycles. The van der Waals surface area contributed by atoms with E-state index in [-0.39, 0.29) is 5.57 Å². The van der Waals surface area contributed by atoms with E-state index in [0.717, 1.165) is 0 Å². The molecule has 0 saturated carbocycles. The minimum absolute atomic E-state index is 0.105. The Hall–Kier alpha value is -0.990. The summed E-state index contributed by atoms with van der Waals surface area (Å²) in [6.45, 7) is 4.99. The van der Waals surface area contributed by atoms with Crippen LogP contribution in [0.25, 0.3) is 0 Å². The molecule has 3 heteroatoms. The van der Waals surface area contributed by atoms with Gasteiger partial charge in [0.15, 0.2) is 0 Å². The zero-order valence-corrected chi connectivity index (χ0v) is 6.65. The summed E-state index contributed by atoms with van der Waals surface area (Å²) in [5.41, 5.74) is 0.734. The van der Waals surface area contributed by atoms with Crippen molar-refractivity contribution >= 4 is 0 Å². The van der Waals surface area contributed by atoms with Crippen molar-refractivity contribution < 1.29 is 13.2 Å². The molecule has 0 N–H and O–H groups in total. The zero-order valence-electron chi connectivity index (χ0n) is 6.65. The second kappa shape index (κ2) is 2.81. The van der Waals surface area contributed by atoms with Crippen LogP contribution in [0.2, 0.25) is 0 Å². The summed E-state index contributed by atoms with van der Waals surface area (Å²) < 4.78 is 36.7. The lowest BCUT2D eigenvalue weighted by molar-refractivity contribution is -0.150. The van der Waals surface area contributed by atoms with Crippen LogP contribution in [0.3, 0.4) is 0 Å². The van der Waals surface area contributed by atoms with E-state index < -0.39 is 12.1 Å². The molecule has 1 atom stereocenters. The van der Waals surface area contributed by atoms with E-state index in [0.29, 0.717) is 5.57 Å². The lowest BCUT2D eigenvalue weighted by Crippen LogP contribution is -2.23. The molecule has 1 rings (SSSR count). The summed E-state index contributed by atoms with van der Waals surface area (Å²) in [7, 11) is 0. The van der Waals surface area contributed by atoms with Crippen molar-refractivity contribution in [1.29, 1.82) is 0 Å². The highest BCUT2D eigenvalue weighted by molar-refractivity contribution is 5.36. The number of hydrogen-bond donors (Lipinski definition) is 0. The molecule has 12 heavy (non-hydrogen) atoms. The quantitative estimate of drug-likeness (QED) is 0.528. The molecule has 0 saturated heterocycles. The Kier molecular flexibility index (Phi) is 2.13. The minimum atomic E-state index is -4.21. The van der Waals surface area contributed by atoms with E-state index in [1.165, 1.54) is 12.2 Å². The van der Waals surface area contributed by atoms with E-state index in [1.807, 2.05) is 0 Å². The van der Waals surface area contributed by atoms with Gasteiger partial charge in [0.25, 0.3) is 0 Å². The number of alkyl halides is 3. The van der Waals surface area contributed by atoms with Crippen LogP contribution in [0.5, 0.6) is 0 Å². The van der Waals surface area contributed by atoms with Gasteiger partial charge < -0.3 is 0 Å². The lowest BCUT2D eigenvalue weighted by atomic mass is 9.92. The molecule has 1 unspecified atom stereocenters. The summed E-state index contributed by atoms with van der Waals surface area (Å²) in [6.07, 6.45) is 0.0174. The van der Waals surface area contributed by atoms with Crippen LogP contribution in [-0.2, 0) is 0 Å². The third kappa shape index (κ3) is 1.78. The highest BCUT2D eigenvalue weighted by Crippen LogP contribution is 2.35. The molecule has 0 bridgehead atoms. The van der Waals surface area contributed by atoms with Crippen LogP contribution >= 0.6 is 0 Å². The average Bonchev–Trinajstić information content (AvgIpc) is 1.92. The molecular weight excluding hydrogens is 165 g/mol. The zero-order chi connectivity index (χ0) is 9.35. The Morgan fingerprint density at radius 1 is 1.33 bits per heavy atom. The minimum Gasteiger partial charge on any atom is -0.170 e. The number of rotatable bonds is 0. The Labute approximate surface area is 69.1 Å². The molecule has 0 heterocycles. The summed E-state index contributed by atoms with van der Waals surface area (Å²) in [5.74, 6) is -1.50. The molecule has 1 aliphatic carbocycles. The van der Waals surface area contributed by atoms with Gasteiger partial charge in [-0.25, -0.2) is 0 Å². The van der Waals surface area contributed by atoms with E-state index in [9.17, 15) is 13.2 Å². The van der Waals surface area contributed by atoms with Crippen molar-refractivity contribution in [3.8, 4) is 0 Å². The summed E-state index contributed by atoms with van der Waals surface area (Å²) >= 11 is 0. The molecule has 0 fully saturated rings. The van der Waals surface area contributed by atoms with Gasteiger partial charge in [-0.05, 0) is 12.5 Å². The van der Waals surface area contributed by atoms with Crippen LogP contribution in [0, 0.1) is 5.92 Å². The van der Waals surface area contributed by atoms with Crippen LogP contribution in [0.4, 0.5) is 13.2 Å². The van der Waals surface area contributed by atoms with E-state index in [1.54, 1.807) is 13.0 Å². The van der Waals surface area contributed by atoms with Crippen LogP contribution < -0.4 is 0 Å². The first-order chi connectivity index (χ1) is 5.41. The maximum Gasteiger partial charge on any atom is 0.399 e. The van der Waals surface area contributed by atoms with Crippen molar-refractivity contribution in [1.82, 2.24) is 0 Å². The molecule has 0 aromatic carbocycles. The van der Waals surface area contributed by atoms with Gasteiger partial charge in [0.2, 0.25) is 0 Å². The highest BCUT2D eigenvalue weighted by atomic mass is 19.4. The predicted octanol–water partition coefficient (Wildman–Crippen LogP) is 3.24. The number of halogens is 3. The van der Waals surface area contributed by atoms with Gasteiger partial charge in [0.1, 0.15) is 0 Å². The maximum atomic E-state index is 12.2. The second-order valence-corrected chi connectivity index (χ2v) is 2.84. The molecule has 0 spiro atoms. The Morgan fingerprint density at radius 3 is 2.33 bits per heavy atom. The number of allylic oxidation sites excluding steroid dienone is 5. The molecule has 66 valence electrons. The standard InChI is InChI=1S/C9H9F3/c1-6-3-4-7(2)8(5-6)9(10,11)12/h3-5,8H,2H2,1H3. The first-order valence-corrected chi connectivity index (χ1v) is 3.53. The largest absolute Gasteiger partial charge is 0.399 e. The van der Waals surface area contributed by atoms with E-state index in [2.05, 4.69) is 6.58 Å². The van der Waals surface area contributed by atoms with Gasteiger partial charge in [-0.1, -0.05) is 30.4 Å². The Balaban J connectivity index is 2.93. The van der Waals surface area contributed by atoms with Gasteiger partial charge in [0, 0.05) is 0 Å². The van der Waals surface area contributed by atoms with Crippen molar-refractivity contribution in [2.45, 2.75) is 13.1 Å². The molecule has 0 radical (unpaired) electrons. The maximum absolute atomic E-state index is 12.2. The third-order valence-electron chi connectivity index (χ3n) is 1.74. The second-order valence-electron chi connectivity index (χ2n) is 2.84. The lowest BCUT2D eigenvalue weighted by Gasteiger charge is -2.20. The molecule has 0 amide bonds. The topological polar surface area (TPSA) is 0 Å². The average molecular weight is 174 g/mol.